The maximum absolute atomic E-state index is 5.76. The number of ether oxygens (including phenoxy) is 1. The summed E-state index contributed by atoms with van der Waals surface area (Å²) >= 11 is 5.61. The monoisotopic (exact) mass is 299 g/mol. The predicted molar refractivity (Wildman–Crippen MR) is 86.8 cm³/mol. The summed E-state index contributed by atoms with van der Waals surface area (Å²) in [4.78, 5) is 4.27. The molecule has 0 radical (unpaired) electrons. The van der Waals surface area contributed by atoms with Crippen LogP contribution < -0.4 is 4.74 Å². The highest BCUT2D eigenvalue weighted by Crippen LogP contribution is 2.17. The molecule has 0 fully saturated rings. The molecule has 0 saturated carbocycles. The summed E-state index contributed by atoms with van der Waals surface area (Å²) < 4.78 is 5.76. The van der Waals surface area contributed by atoms with Crippen LogP contribution in [0.25, 0.3) is 0 Å². The SMILES string of the molecule is Cc1cc(OCCc2ccccn2)ccc1C#CCCCl. The third kappa shape index (κ3) is 5.13. The third-order valence-corrected chi connectivity index (χ3v) is 3.18. The van der Waals surface area contributed by atoms with Crippen LogP contribution in [0, 0.1) is 18.8 Å². The Kier molecular flexibility index (Phi) is 6.12. The van der Waals surface area contributed by atoms with Crippen molar-refractivity contribution in [2.45, 2.75) is 19.8 Å². The standard InChI is InChI=1S/C18H18ClNO/c1-15-14-18(9-8-16(15)6-2-4-11-19)21-13-10-17-7-3-5-12-20-17/h3,5,7-9,12,14H,4,10-11,13H2,1H3. The summed E-state index contributed by atoms with van der Waals surface area (Å²) in [6.07, 6.45) is 3.31. The van der Waals surface area contributed by atoms with E-state index in [2.05, 4.69) is 16.8 Å². The maximum atomic E-state index is 5.76. The van der Waals surface area contributed by atoms with Crippen molar-refractivity contribution in [1.29, 1.82) is 0 Å². The second-order valence-electron chi connectivity index (χ2n) is 4.64. The van der Waals surface area contributed by atoms with Gasteiger partial charge < -0.3 is 4.74 Å². The lowest BCUT2D eigenvalue weighted by Gasteiger charge is -2.07. The van der Waals surface area contributed by atoms with Crippen LogP contribution in [-0.2, 0) is 6.42 Å². The van der Waals surface area contributed by atoms with Gasteiger partial charge in [-0.3, -0.25) is 4.98 Å². The fourth-order valence-corrected chi connectivity index (χ4v) is 1.99. The Bertz CT molecular complexity index is 629. The van der Waals surface area contributed by atoms with Gasteiger partial charge in [-0.1, -0.05) is 17.9 Å². The van der Waals surface area contributed by atoms with Crippen molar-refractivity contribution in [3.63, 3.8) is 0 Å². The number of halogens is 1. The average Bonchev–Trinajstić information content (AvgIpc) is 2.51. The number of alkyl halides is 1. The first-order valence-electron chi connectivity index (χ1n) is 6.98. The molecule has 2 rings (SSSR count). The van der Waals surface area contributed by atoms with Gasteiger partial charge in [-0.2, -0.15) is 0 Å². The van der Waals surface area contributed by atoms with Crippen LogP contribution in [0.2, 0.25) is 0 Å². The molecule has 2 aromatic rings. The van der Waals surface area contributed by atoms with Crippen molar-refractivity contribution in [3.8, 4) is 17.6 Å². The molecule has 1 aromatic heterocycles. The lowest BCUT2D eigenvalue weighted by Crippen LogP contribution is -2.02. The van der Waals surface area contributed by atoms with Crippen LogP contribution >= 0.6 is 11.6 Å². The topological polar surface area (TPSA) is 22.1 Å². The highest BCUT2D eigenvalue weighted by Gasteiger charge is 2.00. The molecule has 2 nitrogen and oxygen atoms in total. The van der Waals surface area contributed by atoms with Crippen LogP contribution in [0.15, 0.2) is 42.6 Å². The first kappa shape index (κ1) is 15.4. The molecule has 0 bridgehead atoms. The lowest BCUT2D eigenvalue weighted by molar-refractivity contribution is 0.320. The van der Waals surface area contributed by atoms with E-state index in [4.69, 9.17) is 16.3 Å². The summed E-state index contributed by atoms with van der Waals surface area (Å²) in [5.41, 5.74) is 3.18. The van der Waals surface area contributed by atoms with Gasteiger partial charge in [-0.25, -0.2) is 0 Å². The number of benzene rings is 1. The van der Waals surface area contributed by atoms with E-state index in [1.807, 2.05) is 43.3 Å². The first-order chi connectivity index (χ1) is 10.3. The molecule has 3 heteroatoms. The number of rotatable bonds is 5. The van der Waals surface area contributed by atoms with Crippen LogP contribution in [0.1, 0.15) is 23.2 Å². The average molecular weight is 300 g/mol. The van der Waals surface area contributed by atoms with Gasteiger partial charge in [0.25, 0.3) is 0 Å². The Morgan fingerprint density at radius 3 is 2.86 bits per heavy atom. The fourth-order valence-electron chi connectivity index (χ4n) is 1.89. The number of hydrogen-bond acceptors (Lipinski definition) is 2. The molecular formula is C18H18ClNO. The van der Waals surface area contributed by atoms with Crippen molar-refractivity contribution in [1.82, 2.24) is 4.98 Å². The van der Waals surface area contributed by atoms with Gasteiger partial charge in [0, 0.05) is 36.2 Å². The maximum Gasteiger partial charge on any atom is 0.119 e. The van der Waals surface area contributed by atoms with Crippen LogP contribution in [0.4, 0.5) is 0 Å². The van der Waals surface area contributed by atoms with Gasteiger partial charge in [0.1, 0.15) is 5.75 Å². The Morgan fingerprint density at radius 1 is 1.24 bits per heavy atom. The molecule has 0 N–H and O–H groups in total. The molecule has 0 spiro atoms. The molecule has 0 amide bonds. The van der Waals surface area contributed by atoms with Crippen molar-refractivity contribution < 1.29 is 4.74 Å². The van der Waals surface area contributed by atoms with E-state index < -0.39 is 0 Å². The van der Waals surface area contributed by atoms with Crippen molar-refractivity contribution in [2.75, 3.05) is 12.5 Å². The lowest BCUT2D eigenvalue weighted by atomic mass is 10.1. The molecule has 0 aliphatic carbocycles. The number of aryl methyl sites for hydroxylation is 1. The largest absolute Gasteiger partial charge is 0.493 e. The van der Waals surface area contributed by atoms with Gasteiger partial charge in [0.15, 0.2) is 0 Å². The Labute approximate surface area is 131 Å². The molecule has 0 saturated heterocycles. The quantitative estimate of drug-likeness (QED) is 0.615. The number of aromatic nitrogens is 1. The van der Waals surface area contributed by atoms with Crippen LogP contribution in [0.5, 0.6) is 5.75 Å². The zero-order chi connectivity index (χ0) is 14.9. The fraction of sp³-hybridized carbons (Fsp3) is 0.278. The van der Waals surface area contributed by atoms with Crippen molar-refractivity contribution in [2.24, 2.45) is 0 Å². The minimum Gasteiger partial charge on any atom is -0.493 e. The van der Waals surface area contributed by atoms with Crippen molar-refractivity contribution in [3.05, 3.63) is 59.4 Å². The van der Waals surface area contributed by atoms with E-state index in [-0.39, 0.29) is 0 Å². The Morgan fingerprint density at radius 2 is 2.14 bits per heavy atom. The van der Waals surface area contributed by atoms with Gasteiger partial charge in [0.2, 0.25) is 0 Å². The first-order valence-corrected chi connectivity index (χ1v) is 7.51. The number of nitrogens with zero attached hydrogens (tertiary/aromatic N) is 1. The third-order valence-electron chi connectivity index (χ3n) is 2.99. The number of hydrogen-bond donors (Lipinski definition) is 0. The minimum atomic E-state index is 0.570. The summed E-state index contributed by atoms with van der Waals surface area (Å²) in [7, 11) is 0. The highest BCUT2D eigenvalue weighted by atomic mass is 35.5. The Hall–Kier alpha value is -1.98. The minimum absolute atomic E-state index is 0.570. The molecular weight excluding hydrogens is 282 g/mol. The molecule has 0 unspecified atom stereocenters. The van der Waals surface area contributed by atoms with Crippen LogP contribution in [-0.4, -0.2) is 17.5 Å². The zero-order valence-electron chi connectivity index (χ0n) is 12.1. The second kappa shape index (κ2) is 8.34. The van der Waals surface area contributed by atoms with Gasteiger partial charge >= 0.3 is 0 Å². The molecule has 0 atom stereocenters. The normalized spacial score (nSPS) is 9.81. The zero-order valence-corrected chi connectivity index (χ0v) is 12.9. The molecule has 1 aromatic carbocycles. The molecule has 1 heterocycles. The summed E-state index contributed by atoms with van der Waals surface area (Å²) in [5, 5.41) is 0. The molecule has 0 aliphatic rings. The molecule has 0 aliphatic heterocycles. The van der Waals surface area contributed by atoms with E-state index >= 15 is 0 Å². The smallest absolute Gasteiger partial charge is 0.119 e. The summed E-state index contributed by atoms with van der Waals surface area (Å²) in [6.45, 7) is 2.66. The van der Waals surface area contributed by atoms with E-state index in [1.54, 1.807) is 6.20 Å². The Balaban J connectivity index is 1.90. The van der Waals surface area contributed by atoms with E-state index in [0.29, 0.717) is 18.9 Å². The van der Waals surface area contributed by atoms with E-state index in [9.17, 15) is 0 Å². The highest BCUT2D eigenvalue weighted by molar-refractivity contribution is 6.18. The van der Waals surface area contributed by atoms with Gasteiger partial charge in [0.05, 0.1) is 6.61 Å². The molecule has 108 valence electrons. The van der Waals surface area contributed by atoms with Crippen LogP contribution in [0.3, 0.4) is 0 Å². The van der Waals surface area contributed by atoms with Crippen molar-refractivity contribution >= 4 is 11.6 Å². The van der Waals surface area contributed by atoms with Gasteiger partial charge in [-0.05, 0) is 42.8 Å². The van der Waals surface area contributed by atoms with E-state index in [0.717, 1.165) is 29.0 Å². The summed E-state index contributed by atoms with van der Waals surface area (Å²) in [6, 6.07) is 11.9. The van der Waals surface area contributed by atoms with Gasteiger partial charge in [-0.15, -0.1) is 11.6 Å². The second-order valence-corrected chi connectivity index (χ2v) is 5.01. The number of pyridine rings is 1. The van der Waals surface area contributed by atoms with E-state index in [1.165, 1.54) is 0 Å². The summed E-state index contributed by atoms with van der Waals surface area (Å²) in [5.74, 6) is 7.61. The predicted octanol–water partition coefficient (Wildman–Crippen LogP) is 3.99. The molecule has 21 heavy (non-hydrogen) atoms.